The Balaban J connectivity index is 1.56. The number of hydrogen-bond acceptors (Lipinski definition) is 7. The molecule has 0 amide bonds. The first-order valence-corrected chi connectivity index (χ1v) is 15.1. The molecular weight excluding hydrogens is 500 g/mol. The molecule has 0 saturated carbocycles. The summed E-state index contributed by atoms with van der Waals surface area (Å²) >= 11 is 4.51. The van der Waals surface area contributed by atoms with Gasteiger partial charge in [-0.3, -0.25) is 4.79 Å². The second kappa shape index (κ2) is 12.7. The van der Waals surface area contributed by atoms with Gasteiger partial charge in [-0.1, -0.05) is 24.3 Å². The zero-order valence-corrected chi connectivity index (χ0v) is 22.9. The van der Waals surface area contributed by atoms with E-state index in [9.17, 15) is 9.18 Å². The SMILES string of the molecule is CSCCC1NSC(c2ccc(F)cc2)=C(c2ccc(N3CCC(OC(C)C)CC3)cc2)SC1=O. The lowest BCUT2D eigenvalue weighted by molar-refractivity contribution is -0.112. The molecule has 0 spiro atoms. The fraction of sp³-hybridized carbons (Fsp3) is 0.444. The van der Waals surface area contributed by atoms with Crippen LogP contribution in [0.15, 0.2) is 48.5 Å². The van der Waals surface area contributed by atoms with Crippen molar-refractivity contribution in [3.63, 3.8) is 0 Å². The summed E-state index contributed by atoms with van der Waals surface area (Å²) in [7, 11) is 0. The van der Waals surface area contributed by atoms with Gasteiger partial charge in [-0.05, 0) is 104 Å². The van der Waals surface area contributed by atoms with Crippen LogP contribution < -0.4 is 9.62 Å². The third kappa shape index (κ3) is 7.07. The highest BCUT2D eigenvalue weighted by Crippen LogP contribution is 2.44. The van der Waals surface area contributed by atoms with Crippen LogP contribution in [0.1, 0.15) is 44.2 Å². The van der Waals surface area contributed by atoms with E-state index >= 15 is 0 Å². The quantitative estimate of drug-likeness (QED) is 0.381. The van der Waals surface area contributed by atoms with E-state index in [0.717, 1.165) is 59.0 Å². The number of halogens is 1. The molecule has 188 valence electrons. The number of hydrogen-bond donors (Lipinski definition) is 1. The van der Waals surface area contributed by atoms with Crippen LogP contribution in [-0.4, -0.2) is 48.5 Å². The molecule has 8 heteroatoms. The van der Waals surface area contributed by atoms with Crippen LogP contribution >= 0.6 is 35.5 Å². The van der Waals surface area contributed by atoms with Crippen molar-refractivity contribution in [1.29, 1.82) is 0 Å². The Hall–Kier alpha value is -1.45. The largest absolute Gasteiger partial charge is 0.375 e. The minimum absolute atomic E-state index is 0.120. The number of benzene rings is 2. The smallest absolute Gasteiger partial charge is 0.211 e. The van der Waals surface area contributed by atoms with Crippen molar-refractivity contribution >= 4 is 56.1 Å². The molecule has 4 rings (SSSR count). The van der Waals surface area contributed by atoms with E-state index in [1.807, 2.05) is 0 Å². The number of ether oxygens (including phenoxy) is 1. The maximum absolute atomic E-state index is 13.6. The van der Waals surface area contributed by atoms with Gasteiger partial charge in [0.1, 0.15) is 5.82 Å². The minimum atomic E-state index is -0.268. The standard InChI is InChI=1S/C27H33FN2O2S3/c1-18(2)32-23-12-15-30(16-13-23)22-10-6-19(7-11-22)25-26(20-4-8-21(28)9-5-20)35-29-24(14-17-33-3)27(31)34-25/h4-11,18,23-24,29H,12-17H2,1-3H3. The average molecular weight is 533 g/mol. The topological polar surface area (TPSA) is 41.6 Å². The van der Waals surface area contributed by atoms with Crippen molar-refractivity contribution in [2.24, 2.45) is 0 Å². The van der Waals surface area contributed by atoms with Crippen LogP contribution in [0, 0.1) is 5.82 Å². The Morgan fingerprint density at radius 2 is 1.69 bits per heavy atom. The molecule has 0 aromatic heterocycles. The van der Waals surface area contributed by atoms with Gasteiger partial charge in [-0.15, -0.1) is 0 Å². The molecule has 0 bridgehead atoms. The lowest BCUT2D eigenvalue weighted by Crippen LogP contribution is -2.37. The molecule has 1 saturated heterocycles. The van der Waals surface area contributed by atoms with E-state index in [4.69, 9.17) is 4.74 Å². The van der Waals surface area contributed by atoms with Crippen LogP contribution in [0.3, 0.4) is 0 Å². The Bertz CT molecular complexity index is 1020. The van der Waals surface area contributed by atoms with Crippen LogP contribution in [0.4, 0.5) is 10.1 Å². The Morgan fingerprint density at radius 3 is 2.31 bits per heavy atom. The maximum atomic E-state index is 13.6. The van der Waals surface area contributed by atoms with Crippen LogP contribution in [0.2, 0.25) is 0 Å². The van der Waals surface area contributed by atoms with Crippen molar-refractivity contribution in [3.05, 3.63) is 65.5 Å². The summed E-state index contributed by atoms with van der Waals surface area (Å²) in [6.45, 7) is 6.14. The molecule has 2 aromatic carbocycles. The summed E-state index contributed by atoms with van der Waals surface area (Å²) in [6.07, 6.45) is 5.50. The highest BCUT2D eigenvalue weighted by molar-refractivity contribution is 8.23. The number of nitrogens with one attached hydrogen (secondary N) is 1. The molecule has 2 aliphatic heterocycles. The monoisotopic (exact) mass is 532 g/mol. The highest BCUT2D eigenvalue weighted by Gasteiger charge is 2.28. The van der Waals surface area contributed by atoms with Crippen LogP contribution in [0.25, 0.3) is 9.81 Å². The molecule has 1 atom stereocenters. The van der Waals surface area contributed by atoms with E-state index in [-0.39, 0.29) is 23.1 Å². The first-order valence-electron chi connectivity index (χ1n) is 12.1. The van der Waals surface area contributed by atoms with Gasteiger partial charge in [0, 0.05) is 28.6 Å². The summed E-state index contributed by atoms with van der Waals surface area (Å²) in [4.78, 5) is 17.4. The molecule has 0 radical (unpaired) electrons. The van der Waals surface area contributed by atoms with Crippen LogP contribution in [-0.2, 0) is 9.53 Å². The van der Waals surface area contributed by atoms with E-state index in [1.54, 1.807) is 23.9 Å². The molecular formula is C27H33FN2O2S3. The number of piperidine rings is 1. The fourth-order valence-electron chi connectivity index (χ4n) is 4.29. The van der Waals surface area contributed by atoms with Gasteiger partial charge in [0.25, 0.3) is 0 Å². The van der Waals surface area contributed by atoms with Gasteiger partial charge in [0.2, 0.25) is 5.12 Å². The fourth-order valence-corrected chi connectivity index (χ4v) is 7.03. The molecule has 0 aliphatic carbocycles. The van der Waals surface area contributed by atoms with E-state index in [0.29, 0.717) is 6.10 Å². The molecule has 2 heterocycles. The third-order valence-corrected chi connectivity index (χ3v) is 9.06. The molecule has 4 nitrogen and oxygen atoms in total. The molecule has 2 aromatic rings. The Kier molecular flexibility index (Phi) is 9.64. The van der Waals surface area contributed by atoms with Gasteiger partial charge in [0.15, 0.2) is 0 Å². The molecule has 1 N–H and O–H groups in total. The number of anilines is 1. The predicted octanol–water partition coefficient (Wildman–Crippen LogP) is 6.68. The lowest BCUT2D eigenvalue weighted by atomic mass is 10.1. The van der Waals surface area contributed by atoms with Crippen molar-refractivity contribution in [2.75, 3.05) is 30.0 Å². The normalized spacial score (nSPS) is 20.0. The zero-order valence-electron chi connectivity index (χ0n) is 20.5. The van der Waals surface area contributed by atoms with Gasteiger partial charge in [0.05, 0.1) is 18.2 Å². The van der Waals surface area contributed by atoms with Gasteiger partial charge in [-0.25, -0.2) is 9.11 Å². The summed E-state index contributed by atoms with van der Waals surface area (Å²) < 4.78 is 23.0. The molecule has 35 heavy (non-hydrogen) atoms. The second-order valence-electron chi connectivity index (χ2n) is 9.06. The highest BCUT2D eigenvalue weighted by atomic mass is 32.2. The van der Waals surface area contributed by atoms with E-state index < -0.39 is 0 Å². The average Bonchev–Trinajstić information content (AvgIpc) is 3.02. The van der Waals surface area contributed by atoms with Crippen molar-refractivity contribution in [2.45, 2.75) is 51.4 Å². The summed E-state index contributed by atoms with van der Waals surface area (Å²) in [5, 5.41) is 0.120. The number of thioether (sulfide) groups is 2. The van der Waals surface area contributed by atoms with Crippen molar-refractivity contribution in [1.82, 2.24) is 4.72 Å². The number of carbonyl (C=O) groups is 1. The molecule has 1 fully saturated rings. The van der Waals surface area contributed by atoms with Crippen molar-refractivity contribution < 1.29 is 13.9 Å². The van der Waals surface area contributed by atoms with E-state index in [1.165, 1.54) is 41.5 Å². The number of rotatable bonds is 8. The summed E-state index contributed by atoms with van der Waals surface area (Å²) in [6, 6.07) is 14.8. The Morgan fingerprint density at radius 1 is 1.06 bits per heavy atom. The number of nitrogens with zero attached hydrogens (tertiary/aromatic N) is 1. The van der Waals surface area contributed by atoms with Gasteiger partial charge < -0.3 is 9.64 Å². The third-order valence-electron chi connectivity index (χ3n) is 6.11. The second-order valence-corrected chi connectivity index (χ2v) is 11.9. The van der Waals surface area contributed by atoms with E-state index in [2.05, 4.69) is 54.0 Å². The first kappa shape index (κ1) is 26.6. The lowest BCUT2D eigenvalue weighted by Gasteiger charge is -2.34. The minimum Gasteiger partial charge on any atom is -0.375 e. The first-order chi connectivity index (χ1) is 16.9. The predicted molar refractivity (Wildman–Crippen MR) is 151 cm³/mol. The van der Waals surface area contributed by atoms with Gasteiger partial charge in [-0.2, -0.15) is 11.8 Å². The summed E-state index contributed by atoms with van der Waals surface area (Å²) in [5.41, 5.74) is 3.10. The molecule has 1 unspecified atom stereocenters. The maximum Gasteiger partial charge on any atom is 0.211 e. The summed E-state index contributed by atoms with van der Waals surface area (Å²) in [5.74, 6) is 0.648. The van der Waals surface area contributed by atoms with Crippen molar-refractivity contribution in [3.8, 4) is 0 Å². The Labute approximate surface area is 221 Å². The van der Waals surface area contributed by atoms with Gasteiger partial charge >= 0.3 is 0 Å². The van der Waals surface area contributed by atoms with Crippen LogP contribution in [0.5, 0.6) is 0 Å². The zero-order chi connectivity index (χ0) is 24.8. The molecule has 2 aliphatic rings. The number of carbonyl (C=O) groups excluding carboxylic acids is 1.